The molecule has 0 spiro atoms. The van der Waals surface area contributed by atoms with E-state index in [-0.39, 0.29) is 24.0 Å². The van der Waals surface area contributed by atoms with E-state index in [4.69, 9.17) is 5.73 Å². The molecule has 2 fully saturated rings. The normalized spacial score (nSPS) is 22.6. The monoisotopic (exact) mass is 423 g/mol. The molecule has 3 N–H and O–H groups in total. The Labute approximate surface area is 153 Å². The van der Waals surface area contributed by atoms with Gasteiger partial charge in [0.05, 0.1) is 6.54 Å². The number of nitrogens with two attached hydrogens (primary N) is 1. The molecule has 2 rings (SSSR count). The van der Waals surface area contributed by atoms with E-state index in [1.54, 1.807) is 0 Å². The van der Waals surface area contributed by atoms with E-state index in [9.17, 15) is 0 Å². The molecular weight excluding hydrogens is 389 g/mol. The van der Waals surface area contributed by atoms with E-state index in [0.29, 0.717) is 12.0 Å². The van der Waals surface area contributed by atoms with Crippen molar-refractivity contribution in [3.8, 4) is 0 Å². The fraction of sp³-hybridized carbons (Fsp3) is 0.938. The minimum Gasteiger partial charge on any atom is -0.370 e. The minimum atomic E-state index is 0. The maximum atomic E-state index is 6.00. The molecule has 0 unspecified atom stereocenters. The number of nitrogens with zero attached hydrogens (tertiary/aromatic N) is 3. The molecule has 6 heteroatoms. The van der Waals surface area contributed by atoms with Gasteiger partial charge in [0.15, 0.2) is 5.96 Å². The third-order valence-electron chi connectivity index (χ3n) is 4.94. The Morgan fingerprint density at radius 1 is 1.14 bits per heavy atom. The number of halogens is 1. The van der Waals surface area contributed by atoms with Crippen LogP contribution in [0.2, 0.25) is 0 Å². The van der Waals surface area contributed by atoms with Crippen molar-refractivity contribution in [1.82, 2.24) is 15.1 Å². The molecule has 22 heavy (non-hydrogen) atoms. The van der Waals surface area contributed by atoms with Crippen LogP contribution in [-0.2, 0) is 0 Å². The molecular formula is C16H34IN5. The van der Waals surface area contributed by atoms with Crippen LogP contribution in [0, 0.1) is 0 Å². The highest BCUT2D eigenvalue weighted by Crippen LogP contribution is 2.17. The number of aliphatic imine (C=N–C) groups is 1. The zero-order valence-corrected chi connectivity index (χ0v) is 16.6. The lowest BCUT2D eigenvalue weighted by atomic mass is 9.96. The molecule has 0 aromatic heterocycles. The van der Waals surface area contributed by atoms with Crippen LogP contribution in [0.5, 0.6) is 0 Å². The third-order valence-corrected chi connectivity index (χ3v) is 4.94. The van der Waals surface area contributed by atoms with Gasteiger partial charge in [0.2, 0.25) is 0 Å². The first-order valence-corrected chi connectivity index (χ1v) is 8.60. The van der Waals surface area contributed by atoms with E-state index in [1.165, 1.54) is 58.0 Å². The Morgan fingerprint density at radius 3 is 2.36 bits per heavy atom. The van der Waals surface area contributed by atoms with Gasteiger partial charge >= 0.3 is 0 Å². The summed E-state index contributed by atoms with van der Waals surface area (Å²) in [6, 6.07) is 1.31. The van der Waals surface area contributed by atoms with Crippen molar-refractivity contribution in [2.24, 2.45) is 10.7 Å². The predicted molar refractivity (Wildman–Crippen MR) is 105 cm³/mol. The maximum Gasteiger partial charge on any atom is 0.188 e. The van der Waals surface area contributed by atoms with Crippen molar-refractivity contribution in [3.63, 3.8) is 0 Å². The van der Waals surface area contributed by atoms with Gasteiger partial charge in [-0.1, -0.05) is 19.3 Å². The second-order valence-electron chi connectivity index (χ2n) is 6.78. The fourth-order valence-electron chi connectivity index (χ4n) is 3.47. The predicted octanol–water partition coefficient (Wildman–Crippen LogP) is 1.87. The summed E-state index contributed by atoms with van der Waals surface area (Å²) < 4.78 is 0. The first-order chi connectivity index (χ1) is 10.1. The van der Waals surface area contributed by atoms with Crippen LogP contribution in [0.25, 0.3) is 0 Å². The molecule has 0 aromatic carbocycles. The van der Waals surface area contributed by atoms with E-state index >= 15 is 0 Å². The Hall–Kier alpha value is -0.0800. The largest absolute Gasteiger partial charge is 0.370 e. The molecule has 1 saturated carbocycles. The van der Waals surface area contributed by atoms with Gasteiger partial charge in [0, 0.05) is 18.6 Å². The zero-order valence-electron chi connectivity index (χ0n) is 14.3. The molecule has 1 saturated heterocycles. The van der Waals surface area contributed by atoms with Crippen molar-refractivity contribution in [1.29, 1.82) is 0 Å². The molecule has 0 atom stereocenters. The van der Waals surface area contributed by atoms with Gasteiger partial charge in [0.25, 0.3) is 0 Å². The molecule has 0 bridgehead atoms. The number of likely N-dealkylation sites (tertiary alicyclic amines) is 1. The number of guanidine groups is 1. The average Bonchev–Trinajstić information content (AvgIpc) is 2.49. The average molecular weight is 423 g/mol. The second kappa shape index (κ2) is 10.6. The Balaban J connectivity index is 0.00000242. The molecule has 0 radical (unpaired) electrons. The first-order valence-electron chi connectivity index (χ1n) is 8.60. The first kappa shape index (κ1) is 20.0. The van der Waals surface area contributed by atoms with Crippen molar-refractivity contribution in [2.75, 3.05) is 40.3 Å². The SMILES string of the molecule is CN(C)C1CCN(CCN=C(N)NC2CCCCC2)CC1.I. The molecule has 1 heterocycles. The van der Waals surface area contributed by atoms with Crippen molar-refractivity contribution in [2.45, 2.75) is 57.0 Å². The van der Waals surface area contributed by atoms with Crippen LogP contribution in [0.3, 0.4) is 0 Å². The van der Waals surface area contributed by atoms with Crippen LogP contribution in [-0.4, -0.2) is 68.1 Å². The van der Waals surface area contributed by atoms with Crippen LogP contribution >= 0.6 is 24.0 Å². The molecule has 2 aliphatic rings. The number of hydrogen-bond donors (Lipinski definition) is 2. The summed E-state index contributed by atoms with van der Waals surface area (Å²) in [5.74, 6) is 0.644. The van der Waals surface area contributed by atoms with Crippen molar-refractivity contribution < 1.29 is 0 Å². The molecule has 0 aromatic rings. The summed E-state index contributed by atoms with van der Waals surface area (Å²) in [6.45, 7) is 4.23. The van der Waals surface area contributed by atoms with Crippen LogP contribution in [0.4, 0.5) is 0 Å². The standard InChI is InChI=1S/C16H33N5.HI/c1-20(2)15-8-11-21(12-9-15)13-10-18-16(17)19-14-6-4-3-5-7-14;/h14-15H,3-13H2,1-2H3,(H3,17,18,19);1H. The highest BCUT2D eigenvalue weighted by molar-refractivity contribution is 14.0. The number of hydrogen-bond acceptors (Lipinski definition) is 3. The molecule has 0 amide bonds. The highest BCUT2D eigenvalue weighted by Gasteiger charge is 2.20. The summed E-state index contributed by atoms with van der Waals surface area (Å²) in [5.41, 5.74) is 6.00. The summed E-state index contributed by atoms with van der Waals surface area (Å²) in [4.78, 5) is 9.36. The van der Waals surface area contributed by atoms with Gasteiger partial charge in [-0.3, -0.25) is 4.99 Å². The van der Waals surface area contributed by atoms with Crippen LogP contribution in [0.15, 0.2) is 4.99 Å². The quantitative estimate of drug-likeness (QED) is 0.403. The number of piperidine rings is 1. The Morgan fingerprint density at radius 2 is 1.77 bits per heavy atom. The smallest absolute Gasteiger partial charge is 0.188 e. The van der Waals surface area contributed by atoms with Crippen LogP contribution < -0.4 is 11.1 Å². The van der Waals surface area contributed by atoms with Crippen molar-refractivity contribution >= 4 is 29.9 Å². The fourth-order valence-corrected chi connectivity index (χ4v) is 3.47. The lowest BCUT2D eigenvalue weighted by Crippen LogP contribution is -2.43. The maximum absolute atomic E-state index is 6.00. The van der Waals surface area contributed by atoms with E-state index in [2.05, 4.69) is 34.2 Å². The van der Waals surface area contributed by atoms with E-state index < -0.39 is 0 Å². The lowest BCUT2D eigenvalue weighted by molar-refractivity contribution is 0.148. The van der Waals surface area contributed by atoms with E-state index in [0.717, 1.165) is 19.1 Å². The van der Waals surface area contributed by atoms with Gasteiger partial charge in [-0.15, -0.1) is 24.0 Å². The number of rotatable bonds is 5. The minimum absolute atomic E-state index is 0. The van der Waals surface area contributed by atoms with Gasteiger partial charge in [-0.25, -0.2) is 0 Å². The van der Waals surface area contributed by atoms with Crippen molar-refractivity contribution in [3.05, 3.63) is 0 Å². The lowest BCUT2D eigenvalue weighted by Gasteiger charge is -2.34. The summed E-state index contributed by atoms with van der Waals surface area (Å²) in [7, 11) is 4.37. The third kappa shape index (κ3) is 7.00. The van der Waals surface area contributed by atoms with Gasteiger partial charge < -0.3 is 20.9 Å². The van der Waals surface area contributed by atoms with E-state index in [1.807, 2.05) is 0 Å². The van der Waals surface area contributed by atoms with Gasteiger partial charge in [0.1, 0.15) is 0 Å². The summed E-state index contributed by atoms with van der Waals surface area (Å²) in [6.07, 6.45) is 9.05. The summed E-state index contributed by atoms with van der Waals surface area (Å²) >= 11 is 0. The summed E-state index contributed by atoms with van der Waals surface area (Å²) in [5, 5.41) is 3.38. The zero-order chi connectivity index (χ0) is 15.1. The number of nitrogens with one attached hydrogen (secondary N) is 1. The molecule has 130 valence electrons. The molecule has 1 aliphatic carbocycles. The Bertz CT molecular complexity index is 320. The van der Waals surface area contributed by atoms with Crippen LogP contribution in [0.1, 0.15) is 44.9 Å². The topological polar surface area (TPSA) is 56.9 Å². The van der Waals surface area contributed by atoms with Gasteiger partial charge in [-0.05, 0) is 52.9 Å². The second-order valence-corrected chi connectivity index (χ2v) is 6.78. The molecule has 1 aliphatic heterocycles. The highest BCUT2D eigenvalue weighted by atomic mass is 127. The molecule has 5 nitrogen and oxygen atoms in total. The Kier molecular flexibility index (Phi) is 9.66. The van der Waals surface area contributed by atoms with Gasteiger partial charge in [-0.2, -0.15) is 0 Å².